The first-order chi connectivity index (χ1) is 12.7. The Bertz CT molecular complexity index is 629. The van der Waals surface area contributed by atoms with E-state index >= 15 is 0 Å². The van der Waals surface area contributed by atoms with Gasteiger partial charge >= 0.3 is 0 Å². The Labute approximate surface area is 167 Å². The Morgan fingerprint density at radius 2 is 1.85 bits per heavy atom. The molecular formula is C20H30ClN3O3. The van der Waals surface area contributed by atoms with Gasteiger partial charge in [-0.1, -0.05) is 18.2 Å². The highest BCUT2D eigenvalue weighted by Crippen LogP contribution is 2.27. The zero-order valence-electron chi connectivity index (χ0n) is 15.9. The lowest BCUT2D eigenvalue weighted by atomic mass is 10.0. The molecule has 0 aromatic heterocycles. The highest BCUT2D eigenvalue weighted by Gasteiger charge is 2.25. The van der Waals surface area contributed by atoms with Crippen LogP contribution in [0.4, 0.5) is 0 Å². The average Bonchev–Trinajstić information content (AvgIpc) is 3.47. The molecule has 2 aliphatic rings. The Hall–Kier alpha value is -1.79. The number of nitrogens with one attached hydrogen (secondary N) is 2. The molecule has 2 amide bonds. The minimum atomic E-state index is 0. The molecule has 0 atom stereocenters. The van der Waals surface area contributed by atoms with Gasteiger partial charge in [-0.3, -0.25) is 9.59 Å². The van der Waals surface area contributed by atoms with Crippen LogP contribution in [0.15, 0.2) is 24.3 Å². The number of halogens is 1. The third-order valence-electron chi connectivity index (χ3n) is 5.16. The van der Waals surface area contributed by atoms with Gasteiger partial charge in [-0.05, 0) is 44.2 Å². The number of carbonyl (C=O) groups is 2. The summed E-state index contributed by atoms with van der Waals surface area (Å²) >= 11 is 0. The first-order valence-corrected chi connectivity index (χ1v) is 9.55. The fourth-order valence-corrected chi connectivity index (χ4v) is 3.39. The van der Waals surface area contributed by atoms with Crippen molar-refractivity contribution < 1.29 is 14.3 Å². The lowest BCUT2D eigenvalue weighted by molar-refractivity contribution is -0.131. The predicted octanol–water partition coefficient (Wildman–Crippen LogP) is 1.77. The van der Waals surface area contributed by atoms with Crippen molar-refractivity contribution in [3.8, 4) is 5.75 Å². The minimum absolute atomic E-state index is 0. The summed E-state index contributed by atoms with van der Waals surface area (Å²) in [5.74, 6) is 1.71. The van der Waals surface area contributed by atoms with Crippen LogP contribution >= 0.6 is 12.4 Å². The van der Waals surface area contributed by atoms with Crippen LogP contribution in [0.5, 0.6) is 5.75 Å². The van der Waals surface area contributed by atoms with Crippen molar-refractivity contribution in [3.05, 3.63) is 29.8 Å². The zero-order valence-corrected chi connectivity index (χ0v) is 16.7. The van der Waals surface area contributed by atoms with Gasteiger partial charge < -0.3 is 20.3 Å². The summed E-state index contributed by atoms with van der Waals surface area (Å²) < 4.78 is 5.32. The molecule has 1 aliphatic carbocycles. The normalized spacial score (nSPS) is 17.1. The first kappa shape index (κ1) is 21.5. The monoisotopic (exact) mass is 395 g/mol. The van der Waals surface area contributed by atoms with E-state index in [0.29, 0.717) is 26.1 Å². The van der Waals surface area contributed by atoms with Crippen LogP contribution in [-0.4, -0.2) is 56.0 Å². The Morgan fingerprint density at radius 1 is 1.15 bits per heavy atom. The van der Waals surface area contributed by atoms with Gasteiger partial charge in [-0.25, -0.2) is 0 Å². The molecule has 0 spiro atoms. The predicted molar refractivity (Wildman–Crippen MR) is 107 cm³/mol. The maximum Gasteiger partial charge on any atom is 0.234 e. The van der Waals surface area contributed by atoms with Crippen LogP contribution in [0.2, 0.25) is 0 Å². The van der Waals surface area contributed by atoms with Gasteiger partial charge in [0.2, 0.25) is 11.8 Å². The second kappa shape index (κ2) is 10.5. The van der Waals surface area contributed by atoms with Gasteiger partial charge in [0.1, 0.15) is 5.75 Å². The van der Waals surface area contributed by atoms with Crippen molar-refractivity contribution in [1.29, 1.82) is 0 Å². The standard InChI is InChI=1S/C20H29N3O3.ClH/c1-26-18-5-3-2-4-16(18)12-20(25)23-10-8-17(9-11-23)22-19(24)14-21-13-15-6-7-15;/h2-5,15,17,21H,6-14H2,1H3,(H,22,24);1H. The summed E-state index contributed by atoms with van der Waals surface area (Å²) in [6, 6.07) is 7.80. The molecule has 150 valence electrons. The van der Waals surface area contributed by atoms with Crippen molar-refractivity contribution in [2.45, 2.75) is 38.1 Å². The molecule has 2 N–H and O–H groups in total. The van der Waals surface area contributed by atoms with Crippen LogP contribution in [0, 0.1) is 5.92 Å². The van der Waals surface area contributed by atoms with Gasteiger partial charge in [-0.2, -0.15) is 0 Å². The lowest BCUT2D eigenvalue weighted by Gasteiger charge is -2.32. The fourth-order valence-electron chi connectivity index (χ4n) is 3.39. The maximum atomic E-state index is 12.5. The highest BCUT2D eigenvalue weighted by molar-refractivity contribution is 5.85. The molecule has 2 fully saturated rings. The van der Waals surface area contributed by atoms with E-state index in [2.05, 4.69) is 10.6 Å². The Kier molecular flexibility index (Phi) is 8.38. The van der Waals surface area contributed by atoms with E-state index in [-0.39, 0.29) is 30.3 Å². The number of benzene rings is 1. The van der Waals surface area contributed by atoms with Crippen LogP contribution in [0.1, 0.15) is 31.2 Å². The van der Waals surface area contributed by atoms with E-state index in [1.807, 2.05) is 29.2 Å². The summed E-state index contributed by atoms with van der Waals surface area (Å²) in [5.41, 5.74) is 0.914. The molecule has 1 saturated heterocycles. The van der Waals surface area contributed by atoms with Crippen molar-refractivity contribution in [1.82, 2.24) is 15.5 Å². The molecule has 1 saturated carbocycles. The van der Waals surface area contributed by atoms with Gasteiger partial charge in [-0.15, -0.1) is 12.4 Å². The first-order valence-electron chi connectivity index (χ1n) is 9.55. The van der Waals surface area contributed by atoms with Gasteiger partial charge in [0.25, 0.3) is 0 Å². The summed E-state index contributed by atoms with van der Waals surface area (Å²) in [6.45, 7) is 2.72. The van der Waals surface area contributed by atoms with E-state index in [1.165, 1.54) is 12.8 Å². The fraction of sp³-hybridized carbons (Fsp3) is 0.600. The number of hydrogen-bond donors (Lipinski definition) is 2. The summed E-state index contributed by atoms with van der Waals surface area (Å²) in [4.78, 5) is 26.4. The van der Waals surface area contributed by atoms with Crippen molar-refractivity contribution >= 4 is 24.2 Å². The molecule has 0 unspecified atom stereocenters. The lowest BCUT2D eigenvalue weighted by Crippen LogP contribution is -2.48. The van der Waals surface area contributed by atoms with E-state index in [9.17, 15) is 9.59 Å². The SMILES string of the molecule is COc1ccccc1CC(=O)N1CCC(NC(=O)CNCC2CC2)CC1.Cl. The maximum absolute atomic E-state index is 12.5. The van der Waals surface area contributed by atoms with Crippen LogP contribution < -0.4 is 15.4 Å². The van der Waals surface area contributed by atoms with Crippen LogP contribution in [0.3, 0.4) is 0 Å². The largest absolute Gasteiger partial charge is 0.496 e. The molecule has 6 nitrogen and oxygen atoms in total. The molecular weight excluding hydrogens is 366 g/mol. The van der Waals surface area contributed by atoms with Crippen molar-refractivity contribution in [3.63, 3.8) is 0 Å². The number of likely N-dealkylation sites (tertiary alicyclic amines) is 1. The smallest absolute Gasteiger partial charge is 0.234 e. The highest BCUT2D eigenvalue weighted by atomic mass is 35.5. The summed E-state index contributed by atoms with van der Waals surface area (Å²) in [7, 11) is 1.62. The number of hydrogen-bond acceptors (Lipinski definition) is 4. The molecule has 1 heterocycles. The second-order valence-electron chi connectivity index (χ2n) is 7.29. The number of carbonyl (C=O) groups excluding carboxylic acids is 2. The second-order valence-corrected chi connectivity index (χ2v) is 7.29. The topological polar surface area (TPSA) is 70.7 Å². The zero-order chi connectivity index (χ0) is 18.4. The van der Waals surface area contributed by atoms with Gasteiger partial charge in [0.15, 0.2) is 0 Å². The third kappa shape index (κ3) is 6.70. The number of amides is 2. The summed E-state index contributed by atoms with van der Waals surface area (Å²) in [5, 5.41) is 6.29. The Balaban J connectivity index is 0.00000261. The van der Waals surface area contributed by atoms with Gasteiger partial charge in [0, 0.05) is 24.7 Å². The molecule has 1 aliphatic heterocycles. The third-order valence-corrected chi connectivity index (χ3v) is 5.16. The molecule has 0 radical (unpaired) electrons. The van der Waals surface area contributed by atoms with E-state index < -0.39 is 0 Å². The minimum Gasteiger partial charge on any atom is -0.496 e. The molecule has 0 bridgehead atoms. The van der Waals surface area contributed by atoms with E-state index in [4.69, 9.17) is 4.74 Å². The molecule has 7 heteroatoms. The van der Waals surface area contributed by atoms with Crippen LogP contribution in [0.25, 0.3) is 0 Å². The van der Waals surface area contributed by atoms with Gasteiger partial charge in [0.05, 0.1) is 20.1 Å². The number of para-hydroxylation sites is 1. The van der Waals surface area contributed by atoms with E-state index in [1.54, 1.807) is 7.11 Å². The molecule has 1 aromatic carbocycles. The van der Waals surface area contributed by atoms with Crippen LogP contribution in [-0.2, 0) is 16.0 Å². The number of ether oxygens (including phenoxy) is 1. The van der Waals surface area contributed by atoms with E-state index in [0.717, 1.165) is 36.6 Å². The summed E-state index contributed by atoms with van der Waals surface area (Å²) in [6.07, 6.45) is 4.55. The molecule has 27 heavy (non-hydrogen) atoms. The molecule has 3 rings (SSSR count). The van der Waals surface area contributed by atoms with Crippen molar-refractivity contribution in [2.24, 2.45) is 5.92 Å². The Morgan fingerprint density at radius 3 is 2.52 bits per heavy atom. The average molecular weight is 396 g/mol. The number of nitrogens with zero attached hydrogens (tertiary/aromatic N) is 1. The number of piperidine rings is 1. The number of rotatable bonds is 8. The molecule has 1 aromatic rings. The number of methoxy groups -OCH3 is 1. The van der Waals surface area contributed by atoms with Crippen molar-refractivity contribution in [2.75, 3.05) is 33.3 Å². The quantitative estimate of drug-likeness (QED) is 0.703.